The van der Waals surface area contributed by atoms with Gasteiger partial charge in [0.05, 0.1) is 13.1 Å². The lowest BCUT2D eigenvalue weighted by molar-refractivity contribution is -0.298. The molecule has 0 atom stereocenters. The van der Waals surface area contributed by atoms with Crippen molar-refractivity contribution in [2.75, 3.05) is 7.11 Å². The SMILES string of the molecule is COc1ccc(COc2ccc(/C=C(\Sc3nnc(C)o3)C(=O)[O-])cc2)cc1. The number of rotatable bonds is 8. The third-order valence-electron chi connectivity index (χ3n) is 3.65. The van der Waals surface area contributed by atoms with Crippen molar-refractivity contribution in [3.05, 3.63) is 70.5 Å². The molecule has 0 aliphatic rings. The summed E-state index contributed by atoms with van der Waals surface area (Å²) >= 11 is 0.844. The van der Waals surface area contributed by atoms with Gasteiger partial charge in [0.2, 0.25) is 5.89 Å². The fraction of sp³-hybridized carbons (Fsp3) is 0.150. The zero-order valence-electron chi connectivity index (χ0n) is 15.2. The molecular weight excluding hydrogens is 380 g/mol. The van der Waals surface area contributed by atoms with Gasteiger partial charge in [-0.25, -0.2) is 0 Å². The molecule has 7 nitrogen and oxygen atoms in total. The van der Waals surface area contributed by atoms with Crippen LogP contribution in [0.4, 0.5) is 0 Å². The molecule has 0 amide bonds. The van der Waals surface area contributed by atoms with Gasteiger partial charge in [0.1, 0.15) is 18.1 Å². The molecule has 0 aliphatic heterocycles. The maximum absolute atomic E-state index is 11.4. The molecule has 1 heterocycles. The van der Waals surface area contributed by atoms with Crippen molar-refractivity contribution in [2.45, 2.75) is 18.8 Å². The summed E-state index contributed by atoms with van der Waals surface area (Å²) in [6, 6.07) is 14.6. The number of aryl methyl sites for hydroxylation is 1. The number of methoxy groups -OCH3 is 1. The van der Waals surface area contributed by atoms with Crippen LogP contribution in [-0.4, -0.2) is 23.3 Å². The summed E-state index contributed by atoms with van der Waals surface area (Å²) in [5.74, 6) is 0.500. The number of carbonyl (C=O) groups excluding carboxylic acids is 1. The van der Waals surface area contributed by atoms with Crippen molar-refractivity contribution in [3.8, 4) is 11.5 Å². The van der Waals surface area contributed by atoms with Crippen LogP contribution in [0.1, 0.15) is 17.0 Å². The smallest absolute Gasteiger partial charge is 0.281 e. The molecule has 0 saturated heterocycles. The van der Waals surface area contributed by atoms with Crippen molar-refractivity contribution < 1.29 is 23.8 Å². The molecule has 0 spiro atoms. The van der Waals surface area contributed by atoms with Crippen LogP contribution in [-0.2, 0) is 11.4 Å². The summed E-state index contributed by atoms with van der Waals surface area (Å²) in [6.45, 7) is 2.04. The first-order valence-corrected chi connectivity index (χ1v) is 9.12. The fourth-order valence-corrected chi connectivity index (χ4v) is 2.95. The molecule has 0 radical (unpaired) electrons. The third kappa shape index (κ3) is 5.37. The Morgan fingerprint density at radius 1 is 1.11 bits per heavy atom. The Kier molecular flexibility index (Phi) is 6.33. The van der Waals surface area contributed by atoms with E-state index in [0.717, 1.165) is 23.1 Å². The second-order valence-electron chi connectivity index (χ2n) is 5.69. The Bertz CT molecular complexity index is 965. The van der Waals surface area contributed by atoms with Gasteiger partial charge >= 0.3 is 0 Å². The molecule has 0 N–H and O–H groups in total. The van der Waals surface area contributed by atoms with E-state index in [4.69, 9.17) is 13.9 Å². The zero-order chi connectivity index (χ0) is 19.9. The van der Waals surface area contributed by atoms with Crippen molar-refractivity contribution >= 4 is 23.8 Å². The standard InChI is InChI=1S/C20H18N2O5S/c1-13-21-22-20(27-13)28-18(19(23)24)11-14-3-9-17(10-4-14)26-12-15-5-7-16(25-2)8-6-15/h3-11H,12H2,1-2H3,(H,23,24)/p-1/b18-11-. The highest BCUT2D eigenvalue weighted by atomic mass is 32.2. The van der Waals surface area contributed by atoms with Crippen LogP contribution in [0.5, 0.6) is 11.5 Å². The highest BCUT2D eigenvalue weighted by molar-refractivity contribution is 8.03. The molecule has 28 heavy (non-hydrogen) atoms. The molecule has 0 bridgehead atoms. The van der Waals surface area contributed by atoms with Crippen LogP contribution in [0.2, 0.25) is 0 Å². The van der Waals surface area contributed by atoms with Gasteiger partial charge in [-0.3, -0.25) is 0 Å². The number of carbonyl (C=O) groups is 1. The van der Waals surface area contributed by atoms with Gasteiger partial charge in [-0.2, -0.15) is 0 Å². The third-order valence-corrected chi connectivity index (χ3v) is 4.49. The molecular formula is C20H17N2O5S-. The molecule has 144 valence electrons. The first-order valence-electron chi connectivity index (χ1n) is 8.30. The van der Waals surface area contributed by atoms with Gasteiger partial charge in [-0.05, 0) is 53.2 Å². The first kappa shape index (κ1) is 19.5. The quantitative estimate of drug-likeness (QED) is 0.423. The van der Waals surface area contributed by atoms with Crippen molar-refractivity contribution in [1.82, 2.24) is 10.2 Å². The van der Waals surface area contributed by atoms with E-state index in [-0.39, 0.29) is 10.1 Å². The number of thioether (sulfide) groups is 1. The zero-order valence-corrected chi connectivity index (χ0v) is 16.1. The molecule has 1 aromatic heterocycles. The van der Waals surface area contributed by atoms with Crippen LogP contribution in [0.15, 0.2) is 63.1 Å². The second kappa shape index (κ2) is 9.09. The Labute approximate surface area is 166 Å². The summed E-state index contributed by atoms with van der Waals surface area (Å²) in [4.78, 5) is 11.3. The average molecular weight is 397 g/mol. The van der Waals surface area contributed by atoms with Crippen LogP contribution in [0.25, 0.3) is 6.08 Å². The molecule has 8 heteroatoms. The van der Waals surface area contributed by atoms with Crippen LogP contribution in [0.3, 0.4) is 0 Å². The van der Waals surface area contributed by atoms with Crippen LogP contribution >= 0.6 is 11.8 Å². The van der Waals surface area contributed by atoms with E-state index in [1.807, 2.05) is 24.3 Å². The fourth-order valence-electron chi connectivity index (χ4n) is 2.24. The van der Waals surface area contributed by atoms with Gasteiger partial charge < -0.3 is 23.8 Å². The van der Waals surface area contributed by atoms with Crippen molar-refractivity contribution in [2.24, 2.45) is 0 Å². The summed E-state index contributed by atoms with van der Waals surface area (Å²) in [5.41, 5.74) is 1.69. The van der Waals surface area contributed by atoms with Gasteiger partial charge in [0, 0.05) is 11.8 Å². The minimum Gasteiger partial charge on any atom is -0.544 e. The topological polar surface area (TPSA) is 97.5 Å². The molecule has 0 aliphatic carbocycles. The van der Waals surface area contributed by atoms with Crippen molar-refractivity contribution in [3.63, 3.8) is 0 Å². The number of ether oxygens (including phenoxy) is 2. The van der Waals surface area contributed by atoms with E-state index in [2.05, 4.69) is 10.2 Å². The average Bonchev–Trinajstić information content (AvgIpc) is 3.12. The Hall–Kier alpha value is -3.26. The monoisotopic (exact) mass is 397 g/mol. The normalized spacial score (nSPS) is 11.3. The number of benzene rings is 2. The number of carboxylic acid groups (broad SMARTS) is 1. The highest BCUT2D eigenvalue weighted by Crippen LogP contribution is 2.27. The minimum absolute atomic E-state index is 0.0319. The van der Waals surface area contributed by atoms with Crippen LogP contribution in [0, 0.1) is 6.92 Å². The maximum Gasteiger partial charge on any atom is 0.281 e. The summed E-state index contributed by atoms with van der Waals surface area (Å²) in [7, 11) is 1.62. The molecule has 2 aromatic carbocycles. The van der Waals surface area contributed by atoms with E-state index in [0.29, 0.717) is 23.8 Å². The summed E-state index contributed by atoms with van der Waals surface area (Å²) in [6.07, 6.45) is 1.48. The number of hydrogen-bond acceptors (Lipinski definition) is 8. The van der Waals surface area contributed by atoms with Crippen LogP contribution < -0.4 is 14.6 Å². The number of hydrogen-bond donors (Lipinski definition) is 0. The molecule has 3 rings (SSSR count). The number of aliphatic carboxylic acids is 1. The maximum atomic E-state index is 11.4. The van der Waals surface area contributed by atoms with Gasteiger partial charge in [-0.15, -0.1) is 10.2 Å². The highest BCUT2D eigenvalue weighted by Gasteiger charge is 2.09. The predicted molar refractivity (Wildman–Crippen MR) is 102 cm³/mol. The Morgan fingerprint density at radius 3 is 2.36 bits per heavy atom. The number of carboxylic acids is 1. The van der Waals surface area contributed by atoms with Crippen molar-refractivity contribution in [1.29, 1.82) is 0 Å². The van der Waals surface area contributed by atoms with E-state index < -0.39 is 5.97 Å². The van der Waals surface area contributed by atoms with E-state index in [1.54, 1.807) is 38.3 Å². The van der Waals surface area contributed by atoms with Gasteiger partial charge in [0.15, 0.2) is 0 Å². The summed E-state index contributed by atoms with van der Waals surface area (Å²) in [5, 5.41) is 19.0. The molecule has 0 unspecified atom stereocenters. The lowest BCUT2D eigenvalue weighted by atomic mass is 10.2. The van der Waals surface area contributed by atoms with E-state index >= 15 is 0 Å². The number of aromatic nitrogens is 2. The van der Waals surface area contributed by atoms with E-state index in [9.17, 15) is 9.90 Å². The Morgan fingerprint density at radius 2 is 1.79 bits per heavy atom. The predicted octanol–water partition coefficient (Wildman–Crippen LogP) is 2.85. The van der Waals surface area contributed by atoms with Gasteiger partial charge in [-0.1, -0.05) is 24.3 Å². The molecule has 3 aromatic rings. The molecule has 0 fully saturated rings. The summed E-state index contributed by atoms with van der Waals surface area (Å²) < 4.78 is 16.1. The molecule has 0 saturated carbocycles. The van der Waals surface area contributed by atoms with E-state index in [1.165, 1.54) is 6.08 Å². The minimum atomic E-state index is -1.32. The first-order chi connectivity index (χ1) is 13.5. The second-order valence-corrected chi connectivity index (χ2v) is 6.68. The number of nitrogens with zero attached hydrogens (tertiary/aromatic N) is 2. The lowest BCUT2D eigenvalue weighted by Gasteiger charge is -2.08. The largest absolute Gasteiger partial charge is 0.544 e. The van der Waals surface area contributed by atoms with Gasteiger partial charge in [0.25, 0.3) is 5.22 Å². The lowest BCUT2D eigenvalue weighted by Crippen LogP contribution is -2.23. The Balaban J connectivity index is 1.64.